The lowest BCUT2D eigenvalue weighted by atomic mass is 10.1. The number of rotatable bonds is 3. The molecule has 2 aromatic heterocycles. The summed E-state index contributed by atoms with van der Waals surface area (Å²) < 4.78 is 10.3. The van der Waals surface area contributed by atoms with E-state index in [1.807, 2.05) is 0 Å². The Morgan fingerprint density at radius 3 is 1.92 bits per heavy atom. The zero-order valence-electron chi connectivity index (χ0n) is 6.93. The largest absolute Gasteiger partial charge is 0.468 e. The summed E-state index contributed by atoms with van der Waals surface area (Å²) in [6.45, 7) is -0.0962. The van der Waals surface area contributed by atoms with Gasteiger partial charge in [0, 0.05) is 0 Å². The van der Waals surface area contributed by atoms with Crippen LogP contribution in [0.3, 0.4) is 0 Å². The van der Waals surface area contributed by atoms with E-state index in [9.17, 15) is 0 Å². The minimum atomic E-state index is -0.0962. The molecule has 1 radical (unpaired) electrons. The predicted molar refractivity (Wildman–Crippen MR) is 45.9 cm³/mol. The van der Waals surface area contributed by atoms with Crippen LogP contribution in [-0.4, -0.2) is 11.7 Å². The van der Waals surface area contributed by atoms with Crippen molar-refractivity contribution >= 4 is 0 Å². The number of aliphatic hydroxyl groups excluding tert-OH is 1. The van der Waals surface area contributed by atoms with E-state index in [4.69, 9.17) is 13.9 Å². The first-order valence-corrected chi connectivity index (χ1v) is 3.96. The second-order valence-electron chi connectivity index (χ2n) is 2.59. The molecule has 3 nitrogen and oxygen atoms in total. The van der Waals surface area contributed by atoms with Crippen molar-refractivity contribution in [1.82, 2.24) is 0 Å². The Morgan fingerprint density at radius 2 is 1.62 bits per heavy atom. The average molecular weight is 177 g/mol. The first-order valence-electron chi connectivity index (χ1n) is 3.96. The fourth-order valence-electron chi connectivity index (χ4n) is 1.18. The third kappa shape index (κ3) is 1.51. The normalized spacial score (nSPS) is 10.9. The molecule has 0 aromatic carbocycles. The van der Waals surface area contributed by atoms with Gasteiger partial charge in [0.15, 0.2) is 0 Å². The minimum Gasteiger partial charge on any atom is -0.468 e. The topological polar surface area (TPSA) is 46.5 Å². The van der Waals surface area contributed by atoms with E-state index in [1.54, 1.807) is 36.8 Å². The predicted octanol–water partition coefficient (Wildman–Crippen LogP) is 1.84. The quantitative estimate of drug-likeness (QED) is 0.778. The molecule has 0 fully saturated rings. The first kappa shape index (κ1) is 8.13. The van der Waals surface area contributed by atoms with Crippen molar-refractivity contribution in [2.24, 2.45) is 0 Å². The second-order valence-corrected chi connectivity index (χ2v) is 2.59. The molecule has 2 aromatic rings. The van der Waals surface area contributed by atoms with Crippen molar-refractivity contribution < 1.29 is 13.9 Å². The van der Waals surface area contributed by atoms with Crippen LogP contribution in [0.1, 0.15) is 11.5 Å². The van der Waals surface area contributed by atoms with Crippen molar-refractivity contribution in [3.8, 4) is 0 Å². The van der Waals surface area contributed by atoms with Crippen molar-refractivity contribution in [3.63, 3.8) is 0 Å². The zero-order valence-corrected chi connectivity index (χ0v) is 6.93. The van der Waals surface area contributed by atoms with Gasteiger partial charge in [0.05, 0.1) is 19.1 Å². The van der Waals surface area contributed by atoms with Crippen LogP contribution < -0.4 is 0 Å². The van der Waals surface area contributed by atoms with E-state index in [0.29, 0.717) is 17.4 Å². The van der Waals surface area contributed by atoms with Crippen molar-refractivity contribution in [2.45, 2.75) is 0 Å². The van der Waals surface area contributed by atoms with Gasteiger partial charge in [0.2, 0.25) is 0 Å². The van der Waals surface area contributed by atoms with Gasteiger partial charge in [-0.2, -0.15) is 0 Å². The number of aliphatic hydroxyl groups is 1. The van der Waals surface area contributed by atoms with Crippen molar-refractivity contribution in [1.29, 1.82) is 0 Å². The summed E-state index contributed by atoms with van der Waals surface area (Å²) in [5, 5.41) is 9.11. The van der Waals surface area contributed by atoms with Crippen LogP contribution in [-0.2, 0) is 0 Å². The summed E-state index contributed by atoms with van der Waals surface area (Å²) in [6, 6.07) is 7.12. The highest BCUT2D eigenvalue weighted by atomic mass is 16.3. The van der Waals surface area contributed by atoms with E-state index < -0.39 is 0 Å². The Hall–Kier alpha value is -1.48. The summed E-state index contributed by atoms with van der Waals surface area (Å²) in [7, 11) is 0. The standard InChI is InChI=1S/C10H9O3/c11-7-8(9-3-1-5-12-9)10-4-2-6-13-10/h1-6,11H,7H2. The highest BCUT2D eigenvalue weighted by Crippen LogP contribution is 2.23. The third-order valence-electron chi connectivity index (χ3n) is 1.80. The molecule has 0 aliphatic carbocycles. The van der Waals surface area contributed by atoms with Gasteiger partial charge >= 0.3 is 0 Å². The molecule has 0 aliphatic rings. The van der Waals surface area contributed by atoms with Gasteiger partial charge in [-0.05, 0) is 24.3 Å². The third-order valence-corrected chi connectivity index (χ3v) is 1.80. The Kier molecular flexibility index (Phi) is 2.19. The second kappa shape index (κ2) is 3.49. The Bertz CT molecular complexity index is 300. The van der Waals surface area contributed by atoms with E-state index in [1.165, 1.54) is 0 Å². The van der Waals surface area contributed by atoms with Crippen molar-refractivity contribution in [2.75, 3.05) is 6.61 Å². The monoisotopic (exact) mass is 177 g/mol. The smallest absolute Gasteiger partial charge is 0.131 e. The molecular weight excluding hydrogens is 168 g/mol. The Morgan fingerprint density at radius 1 is 1.08 bits per heavy atom. The lowest BCUT2D eigenvalue weighted by Crippen LogP contribution is -2.04. The molecule has 0 bridgehead atoms. The number of furan rings is 2. The van der Waals surface area contributed by atoms with Gasteiger partial charge in [0.25, 0.3) is 0 Å². The lowest BCUT2D eigenvalue weighted by molar-refractivity contribution is 0.300. The summed E-state index contributed by atoms with van der Waals surface area (Å²) in [5.41, 5.74) is 0. The molecule has 0 unspecified atom stereocenters. The maximum atomic E-state index is 9.11. The maximum absolute atomic E-state index is 9.11. The Balaban J connectivity index is 2.29. The SMILES string of the molecule is OC[C](c1ccco1)c1ccco1. The molecule has 0 saturated heterocycles. The first-order chi connectivity index (χ1) is 6.42. The lowest BCUT2D eigenvalue weighted by Gasteiger charge is -2.05. The van der Waals surface area contributed by atoms with E-state index >= 15 is 0 Å². The molecule has 0 saturated carbocycles. The van der Waals surface area contributed by atoms with Crippen LogP contribution in [0.5, 0.6) is 0 Å². The number of hydrogen-bond donors (Lipinski definition) is 1. The van der Waals surface area contributed by atoms with Crippen LogP contribution in [0.15, 0.2) is 45.6 Å². The highest BCUT2D eigenvalue weighted by molar-refractivity contribution is 5.34. The maximum Gasteiger partial charge on any atom is 0.131 e. The van der Waals surface area contributed by atoms with Gasteiger partial charge in [-0.3, -0.25) is 0 Å². The fraction of sp³-hybridized carbons (Fsp3) is 0.100. The zero-order chi connectivity index (χ0) is 9.10. The van der Waals surface area contributed by atoms with E-state index in [2.05, 4.69) is 0 Å². The molecule has 0 aliphatic heterocycles. The summed E-state index contributed by atoms with van der Waals surface area (Å²) in [4.78, 5) is 0. The minimum absolute atomic E-state index is 0.0962. The van der Waals surface area contributed by atoms with E-state index in [-0.39, 0.29) is 6.61 Å². The molecule has 2 rings (SSSR count). The van der Waals surface area contributed by atoms with Crippen LogP contribution >= 0.6 is 0 Å². The van der Waals surface area contributed by atoms with Gasteiger partial charge in [-0.25, -0.2) is 0 Å². The Labute approximate surface area is 75.6 Å². The van der Waals surface area contributed by atoms with Crippen molar-refractivity contribution in [3.05, 3.63) is 54.2 Å². The molecule has 1 N–H and O–H groups in total. The van der Waals surface area contributed by atoms with Gasteiger partial charge in [-0.1, -0.05) is 0 Å². The summed E-state index contributed by atoms with van der Waals surface area (Å²) in [5.74, 6) is 1.94. The molecular formula is C10H9O3. The van der Waals surface area contributed by atoms with Gasteiger partial charge < -0.3 is 13.9 Å². The number of hydrogen-bond acceptors (Lipinski definition) is 3. The molecule has 0 spiro atoms. The van der Waals surface area contributed by atoms with Crippen LogP contribution in [0.25, 0.3) is 0 Å². The van der Waals surface area contributed by atoms with E-state index in [0.717, 1.165) is 0 Å². The molecule has 2 heterocycles. The molecule has 13 heavy (non-hydrogen) atoms. The molecule has 3 heteroatoms. The molecule has 0 atom stereocenters. The van der Waals surface area contributed by atoms with Crippen LogP contribution in [0.4, 0.5) is 0 Å². The van der Waals surface area contributed by atoms with Gasteiger partial charge in [-0.15, -0.1) is 0 Å². The average Bonchev–Trinajstić information content (AvgIpc) is 2.76. The molecule has 0 amide bonds. The summed E-state index contributed by atoms with van der Waals surface area (Å²) in [6.07, 6.45) is 3.13. The van der Waals surface area contributed by atoms with Crippen LogP contribution in [0.2, 0.25) is 0 Å². The molecule has 67 valence electrons. The van der Waals surface area contributed by atoms with Gasteiger partial charge in [0.1, 0.15) is 17.4 Å². The van der Waals surface area contributed by atoms with Crippen LogP contribution in [0, 0.1) is 5.92 Å². The highest BCUT2D eigenvalue weighted by Gasteiger charge is 2.19. The summed E-state index contributed by atoms with van der Waals surface area (Å²) >= 11 is 0. The fourth-order valence-corrected chi connectivity index (χ4v) is 1.18.